The Morgan fingerprint density at radius 2 is 1.96 bits per heavy atom. The molecule has 0 saturated carbocycles. The predicted octanol–water partition coefficient (Wildman–Crippen LogP) is 0.817. The molecule has 2 unspecified atom stereocenters. The zero-order valence-electron chi connectivity index (χ0n) is 15.2. The number of likely N-dealkylation sites (tertiary alicyclic amines) is 1. The van der Waals surface area contributed by atoms with Gasteiger partial charge < -0.3 is 24.6 Å². The number of carboxylic acids is 1. The quantitative estimate of drug-likeness (QED) is 0.821. The average molecular weight is 373 g/mol. The molecule has 2 fully saturated rings. The molecule has 2 N–H and O–H groups in total. The molecule has 0 aliphatic carbocycles. The molecule has 1 aromatic carbocycles. The first-order valence-electron chi connectivity index (χ1n) is 9.10. The molecule has 2 aromatic rings. The zero-order valence-corrected chi connectivity index (χ0v) is 15.2. The number of aliphatic carboxylic acids is 1. The Balaban J connectivity index is 1.31. The Bertz CT molecular complexity index is 812. The lowest BCUT2D eigenvalue weighted by atomic mass is 10.2. The van der Waals surface area contributed by atoms with E-state index in [9.17, 15) is 14.7 Å². The minimum Gasteiger partial charge on any atom is -0.480 e. The van der Waals surface area contributed by atoms with E-state index in [-0.39, 0.29) is 12.1 Å². The second-order valence-corrected chi connectivity index (χ2v) is 7.11. The summed E-state index contributed by atoms with van der Waals surface area (Å²) in [6.45, 7) is 2.96. The molecule has 144 valence electrons. The van der Waals surface area contributed by atoms with Crippen molar-refractivity contribution < 1.29 is 19.1 Å². The summed E-state index contributed by atoms with van der Waals surface area (Å²) in [6.07, 6.45) is 0.431. The average Bonchev–Trinajstić information content (AvgIpc) is 3.25. The van der Waals surface area contributed by atoms with E-state index in [1.807, 2.05) is 29.2 Å². The van der Waals surface area contributed by atoms with Gasteiger partial charge in [-0.25, -0.2) is 4.79 Å². The maximum absolute atomic E-state index is 12.5. The summed E-state index contributed by atoms with van der Waals surface area (Å²) < 4.78 is 5.79. The number of piperazine rings is 1. The van der Waals surface area contributed by atoms with E-state index in [2.05, 4.69) is 10.3 Å². The van der Waals surface area contributed by atoms with Crippen LogP contribution in [0.25, 0.3) is 11.1 Å². The minimum atomic E-state index is -0.846. The number of nitrogens with one attached hydrogen (secondary N) is 1. The summed E-state index contributed by atoms with van der Waals surface area (Å²) in [5.74, 6) is -0.846. The lowest BCUT2D eigenvalue weighted by molar-refractivity contribution is -0.141. The van der Waals surface area contributed by atoms with Crippen LogP contribution in [-0.2, 0) is 4.79 Å². The van der Waals surface area contributed by atoms with Gasteiger partial charge in [-0.15, -0.1) is 0 Å². The summed E-state index contributed by atoms with van der Waals surface area (Å²) in [5.41, 5.74) is 1.58. The van der Waals surface area contributed by atoms with Crippen molar-refractivity contribution in [3.05, 3.63) is 24.3 Å². The van der Waals surface area contributed by atoms with Gasteiger partial charge in [-0.3, -0.25) is 9.69 Å². The number of anilines is 1. The Labute approximate surface area is 156 Å². The van der Waals surface area contributed by atoms with Crippen LogP contribution in [0.2, 0.25) is 0 Å². The fourth-order valence-corrected chi connectivity index (χ4v) is 3.75. The van der Waals surface area contributed by atoms with E-state index >= 15 is 0 Å². The van der Waals surface area contributed by atoms with Crippen molar-refractivity contribution in [2.75, 3.05) is 44.7 Å². The first kappa shape index (κ1) is 17.6. The molecule has 9 heteroatoms. The molecule has 0 radical (unpaired) electrons. The van der Waals surface area contributed by atoms with Crippen LogP contribution >= 0.6 is 0 Å². The van der Waals surface area contributed by atoms with Gasteiger partial charge in [0.1, 0.15) is 11.6 Å². The first-order valence-corrected chi connectivity index (χ1v) is 9.10. The van der Waals surface area contributed by atoms with Crippen LogP contribution in [0.3, 0.4) is 0 Å². The fraction of sp³-hybridized carbons (Fsp3) is 0.500. The number of amides is 2. The van der Waals surface area contributed by atoms with Gasteiger partial charge in [0.05, 0.1) is 0 Å². The number of oxazole rings is 1. The largest absolute Gasteiger partial charge is 0.480 e. The van der Waals surface area contributed by atoms with Crippen molar-refractivity contribution in [3.63, 3.8) is 0 Å². The summed E-state index contributed by atoms with van der Waals surface area (Å²) >= 11 is 0. The number of fused-ring (bicyclic) bond motifs is 1. The highest BCUT2D eigenvalue weighted by molar-refractivity contribution is 5.77. The highest BCUT2D eigenvalue weighted by Crippen LogP contribution is 2.22. The van der Waals surface area contributed by atoms with Crippen LogP contribution in [0.4, 0.5) is 10.8 Å². The molecule has 1 aromatic heterocycles. The maximum atomic E-state index is 12.5. The van der Waals surface area contributed by atoms with Gasteiger partial charge in [0.25, 0.3) is 6.01 Å². The maximum Gasteiger partial charge on any atom is 0.320 e. The van der Waals surface area contributed by atoms with Gasteiger partial charge >= 0.3 is 12.0 Å². The molecule has 0 spiro atoms. The highest BCUT2D eigenvalue weighted by atomic mass is 16.4. The van der Waals surface area contributed by atoms with Crippen LogP contribution in [0.15, 0.2) is 28.7 Å². The lowest BCUT2D eigenvalue weighted by Gasteiger charge is -2.34. The number of nitrogens with zero attached hydrogens (tertiary/aromatic N) is 4. The number of benzene rings is 1. The van der Waals surface area contributed by atoms with Gasteiger partial charge in [0.15, 0.2) is 5.58 Å². The number of rotatable bonds is 3. The number of likely N-dealkylation sites (N-methyl/N-ethyl adjacent to an activating group) is 1. The topological polar surface area (TPSA) is 102 Å². The Morgan fingerprint density at radius 1 is 1.22 bits per heavy atom. The molecule has 2 aliphatic rings. The zero-order chi connectivity index (χ0) is 19.0. The summed E-state index contributed by atoms with van der Waals surface area (Å²) in [4.78, 5) is 33.8. The molecule has 2 aliphatic heterocycles. The molecule has 2 amide bonds. The van der Waals surface area contributed by atoms with E-state index in [1.165, 1.54) is 0 Å². The van der Waals surface area contributed by atoms with Gasteiger partial charge in [-0.2, -0.15) is 4.98 Å². The number of carbonyl (C=O) groups excluding carboxylic acids is 1. The number of hydrogen-bond donors (Lipinski definition) is 2. The summed E-state index contributed by atoms with van der Waals surface area (Å²) in [5, 5.41) is 12.2. The number of aromatic nitrogens is 1. The Hall–Kier alpha value is -2.81. The second-order valence-electron chi connectivity index (χ2n) is 7.11. The first-order chi connectivity index (χ1) is 13.0. The number of hydrogen-bond acceptors (Lipinski definition) is 6. The lowest BCUT2D eigenvalue weighted by Crippen LogP contribution is -2.53. The number of para-hydroxylation sites is 2. The minimum absolute atomic E-state index is 0.140. The summed E-state index contributed by atoms with van der Waals surface area (Å²) in [6, 6.07) is 7.40. The van der Waals surface area contributed by atoms with Gasteiger partial charge in [-0.05, 0) is 25.6 Å². The van der Waals surface area contributed by atoms with E-state index in [0.29, 0.717) is 45.2 Å². The molecule has 27 heavy (non-hydrogen) atoms. The van der Waals surface area contributed by atoms with Crippen LogP contribution in [-0.4, -0.2) is 83.7 Å². The normalized spacial score (nSPS) is 23.7. The van der Waals surface area contributed by atoms with Crippen molar-refractivity contribution >= 4 is 29.1 Å². The van der Waals surface area contributed by atoms with Crippen LogP contribution < -0.4 is 10.2 Å². The van der Waals surface area contributed by atoms with Gasteiger partial charge in [0.2, 0.25) is 0 Å². The molecule has 0 bridgehead atoms. The third-order valence-electron chi connectivity index (χ3n) is 5.28. The van der Waals surface area contributed by atoms with Crippen LogP contribution in [0, 0.1) is 0 Å². The van der Waals surface area contributed by atoms with E-state index in [0.717, 1.165) is 11.1 Å². The van der Waals surface area contributed by atoms with Crippen molar-refractivity contribution in [2.45, 2.75) is 18.5 Å². The molecular weight excluding hydrogens is 350 g/mol. The third-order valence-corrected chi connectivity index (χ3v) is 5.28. The van der Waals surface area contributed by atoms with E-state index < -0.39 is 12.0 Å². The molecule has 4 rings (SSSR count). The van der Waals surface area contributed by atoms with Gasteiger partial charge in [0, 0.05) is 38.8 Å². The number of urea groups is 1. The molecular formula is C18H23N5O4. The van der Waals surface area contributed by atoms with Crippen molar-refractivity contribution in [3.8, 4) is 0 Å². The van der Waals surface area contributed by atoms with Crippen LogP contribution in [0.5, 0.6) is 0 Å². The molecule has 9 nitrogen and oxygen atoms in total. The standard InChI is InChI=1S/C18H23N5O4/c1-21-11-12(10-14(21)16(24)25)19-17(26)22-6-8-23(9-7-22)18-20-13-4-2-3-5-15(13)27-18/h2-5,12,14H,6-11H2,1H3,(H,19,26)(H,24,25). The van der Waals surface area contributed by atoms with Crippen molar-refractivity contribution in [2.24, 2.45) is 0 Å². The Kier molecular flexibility index (Phi) is 4.61. The van der Waals surface area contributed by atoms with E-state index in [1.54, 1.807) is 16.8 Å². The van der Waals surface area contributed by atoms with Crippen molar-refractivity contribution in [1.82, 2.24) is 20.1 Å². The monoisotopic (exact) mass is 373 g/mol. The smallest absolute Gasteiger partial charge is 0.320 e. The highest BCUT2D eigenvalue weighted by Gasteiger charge is 2.36. The molecule has 3 heterocycles. The number of carbonyl (C=O) groups is 2. The van der Waals surface area contributed by atoms with E-state index in [4.69, 9.17) is 4.42 Å². The SMILES string of the molecule is CN1CC(NC(=O)N2CCN(c3nc4ccccc4o3)CC2)CC1C(=O)O. The van der Waals surface area contributed by atoms with Crippen LogP contribution in [0.1, 0.15) is 6.42 Å². The number of carboxylic acid groups (broad SMARTS) is 1. The predicted molar refractivity (Wildman–Crippen MR) is 98.8 cm³/mol. The second kappa shape index (κ2) is 7.07. The Morgan fingerprint density at radius 3 is 2.63 bits per heavy atom. The molecule has 2 atom stereocenters. The third kappa shape index (κ3) is 3.55. The summed E-state index contributed by atoms with van der Waals surface area (Å²) in [7, 11) is 1.77. The van der Waals surface area contributed by atoms with Crippen molar-refractivity contribution in [1.29, 1.82) is 0 Å². The molecule has 2 saturated heterocycles. The fourth-order valence-electron chi connectivity index (χ4n) is 3.75. The van der Waals surface area contributed by atoms with Gasteiger partial charge in [-0.1, -0.05) is 12.1 Å².